The summed E-state index contributed by atoms with van der Waals surface area (Å²) in [5, 5.41) is 0. The van der Waals surface area contributed by atoms with Gasteiger partial charge in [-0.15, -0.1) is 0 Å². The number of carbonyl (C=O) groups excluding carboxylic acids is 2. The first-order chi connectivity index (χ1) is 19.4. The molecule has 3 aliphatic rings. The molecule has 2 atom stereocenters. The number of ether oxygens (including phenoxy) is 5. The molecule has 0 spiro atoms. The van der Waals surface area contributed by atoms with Crippen molar-refractivity contribution in [2.75, 3.05) is 28.4 Å². The van der Waals surface area contributed by atoms with Gasteiger partial charge in [0.25, 0.3) is 0 Å². The van der Waals surface area contributed by atoms with E-state index in [1.807, 2.05) is 54.6 Å². The lowest BCUT2D eigenvalue weighted by Crippen LogP contribution is -2.42. The van der Waals surface area contributed by atoms with Gasteiger partial charge >= 0.3 is 11.9 Å². The minimum absolute atomic E-state index is 0.117. The fourth-order valence-electron chi connectivity index (χ4n) is 6.13. The Kier molecular flexibility index (Phi) is 6.36. The predicted molar refractivity (Wildman–Crippen MR) is 147 cm³/mol. The van der Waals surface area contributed by atoms with E-state index < -0.39 is 17.4 Å². The average molecular weight is 537 g/mol. The molecule has 0 saturated heterocycles. The Bertz CT molecular complexity index is 1590. The molecule has 40 heavy (non-hydrogen) atoms. The van der Waals surface area contributed by atoms with E-state index in [2.05, 4.69) is 17.9 Å². The molecular formula is C33H28O7. The highest BCUT2D eigenvalue weighted by atomic mass is 16.5. The maximum atomic E-state index is 13.2. The largest absolute Gasteiger partial charge is 0.497 e. The van der Waals surface area contributed by atoms with Gasteiger partial charge in [0.1, 0.15) is 23.7 Å². The molecule has 0 unspecified atom stereocenters. The Hall–Kier alpha value is -4.54. The summed E-state index contributed by atoms with van der Waals surface area (Å²) in [5.74, 6) is 6.97. The molecule has 3 aromatic rings. The molecule has 2 aliphatic heterocycles. The number of hydrogen-bond acceptors (Lipinski definition) is 7. The number of hydrogen-bond donors (Lipinski definition) is 0. The van der Waals surface area contributed by atoms with E-state index in [1.165, 1.54) is 14.2 Å². The van der Waals surface area contributed by atoms with Crippen molar-refractivity contribution in [3.8, 4) is 34.5 Å². The highest BCUT2D eigenvalue weighted by Gasteiger charge is 2.56. The Morgan fingerprint density at radius 2 is 1.30 bits per heavy atom. The molecule has 6 rings (SSSR count). The molecule has 3 aromatic carbocycles. The summed E-state index contributed by atoms with van der Waals surface area (Å²) >= 11 is 0. The molecule has 7 heteroatoms. The van der Waals surface area contributed by atoms with Gasteiger partial charge in [-0.2, -0.15) is 0 Å². The van der Waals surface area contributed by atoms with Crippen LogP contribution in [0.3, 0.4) is 0 Å². The normalized spacial score (nSPS) is 18.8. The molecule has 0 saturated carbocycles. The number of benzene rings is 3. The van der Waals surface area contributed by atoms with Gasteiger partial charge in [-0.25, -0.2) is 0 Å². The van der Waals surface area contributed by atoms with Crippen LogP contribution in [0.4, 0.5) is 0 Å². The third-order valence-corrected chi connectivity index (χ3v) is 8.03. The minimum Gasteiger partial charge on any atom is -0.497 e. The second-order valence-electron chi connectivity index (χ2n) is 10.0. The quantitative estimate of drug-likeness (QED) is 0.199. The van der Waals surface area contributed by atoms with E-state index in [0.717, 1.165) is 56.0 Å². The summed E-state index contributed by atoms with van der Waals surface area (Å²) in [6.07, 6.45) is 3.84. The summed E-state index contributed by atoms with van der Waals surface area (Å²) in [5.41, 5.74) is 5.69. The van der Waals surface area contributed by atoms with Crippen LogP contribution in [-0.2, 0) is 36.6 Å². The van der Waals surface area contributed by atoms with Gasteiger partial charge in [-0.1, -0.05) is 36.1 Å². The zero-order chi connectivity index (χ0) is 28.0. The number of esters is 2. The van der Waals surface area contributed by atoms with E-state index in [1.54, 1.807) is 14.2 Å². The van der Waals surface area contributed by atoms with Crippen LogP contribution in [0.15, 0.2) is 60.7 Å². The van der Waals surface area contributed by atoms with Gasteiger partial charge < -0.3 is 23.7 Å². The molecular weight excluding hydrogens is 508 g/mol. The number of carbonyl (C=O) groups is 2. The smallest absolute Gasteiger partial charge is 0.323 e. The maximum absolute atomic E-state index is 13.2. The van der Waals surface area contributed by atoms with E-state index in [-0.39, 0.29) is 25.0 Å². The lowest BCUT2D eigenvalue weighted by atomic mass is 9.80. The Morgan fingerprint density at radius 1 is 0.750 bits per heavy atom. The fraction of sp³-hybridized carbons (Fsp3) is 0.273. The number of fused-ring (bicyclic) bond motifs is 7. The first-order valence-corrected chi connectivity index (χ1v) is 13.0. The van der Waals surface area contributed by atoms with Crippen molar-refractivity contribution in [1.29, 1.82) is 0 Å². The second kappa shape index (κ2) is 9.89. The minimum atomic E-state index is -1.50. The first-order valence-electron chi connectivity index (χ1n) is 13.0. The van der Waals surface area contributed by atoms with Crippen molar-refractivity contribution in [2.45, 2.75) is 25.0 Å². The van der Waals surface area contributed by atoms with E-state index in [9.17, 15) is 9.59 Å². The van der Waals surface area contributed by atoms with Crippen molar-refractivity contribution in [2.24, 2.45) is 5.41 Å². The molecule has 0 fully saturated rings. The van der Waals surface area contributed by atoms with Gasteiger partial charge in [0.15, 0.2) is 5.41 Å². The second-order valence-corrected chi connectivity index (χ2v) is 10.0. The summed E-state index contributed by atoms with van der Waals surface area (Å²) in [4.78, 5) is 26.4. The first kappa shape index (κ1) is 25.7. The lowest BCUT2D eigenvalue weighted by Gasteiger charge is -2.22. The third kappa shape index (κ3) is 3.87. The summed E-state index contributed by atoms with van der Waals surface area (Å²) in [7, 11) is 5.84. The highest BCUT2D eigenvalue weighted by Crippen LogP contribution is 2.56. The van der Waals surface area contributed by atoms with Crippen molar-refractivity contribution in [1.82, 2.24) is 0 Å². The van der Waals surface area contributed by atoms with Crippen LogP contribution in [-0.4, -0.2) is 40.4 Å². The molecule has 0 amide bonds. The molecule has 7 nitrogen and oxygen atoms in total. The zero-order valence-corrected chi connectivity index (χ0v) is 22.7. The standard InChI is InChI=1S/C33H28O7/c1-36-21-10-5-19(6-11-21)7-14-23-24-17-33(31(34)38-3,32(35)39-4)18-25(24)29-26-15-16-27(40-26)30(29)28(23)20-8-12-22(37-2)13-9-20/h5-6,8-13,15-16,26-27H,17-18H2,1-4H3/t26-,27+/m0/s1. The maximum Gasteiger partial charge on any atom is 0.323 e. The third-order valence-electron chi connectivity index (χ3n) is 8.03. The van der Waals surface area contributed by atoms with Gasteiger partial charge in [-0.3, -0.25) is 9.59 Å². The summed E-state index contributed by atoms with van der Waals surface area (Å²) in [6, 6.07) is 15.3. The van der Waals surface area contributed by atoms with Crippen LogP contribution >= 0.6 is 0 Å². The number of rotatable bonds is 5. The van der Waals surface area contributed by atoms with E-state index >= 15 is 0 Å². The number of methoxy groups -OCH3 is 4. The summed E-state index contributed by atoms with van der Waals surface area (Å²) in [6.45, 7) is 0. The topological polar surface area (TPSA) is 80.3 Å². The van der Waals surface area contributed by atoms with Crippen LogP contribution < -0.4 is 9.47 Å². The lowest BCUT2D eigenvalue weighted by molar-refractivity contribution is -0.168. The van der Waals surface area contributed by atoms with Gasteiger partial charge in [0.2, 0.25) is 0 Å². The van der Waals surface area contributed by atoms with Crippen molar-refractivity contribution < 1.29 is 33.3 Å². The SMILES string of the molecule is COC(=O)C1(C(=O)OC)Cc2c(C#Cc3ccc(OC)cc3)c(-c3ccc(OC)cc3)c3c(c2C1)[C@@H]1C=C[C@H]3O1. The zero-order valence-electron chi connectivity index (χ0n) is 22.7. The molecule has 0 radical (unpaired) electrons. The van der Waals surface area contributed by atoms with Gasteiger partial charge in [0, 0.05) is 35.1 Å². The molecule has 1 aliphatic carbocycles. The summed E-state index contributed by atoms with van der Waals surface area (Å²) < 4.78 is 27.3. The molecule has 0 N–H and O–H groups in total. The monoisotopic (exact) mass is 536 g/mol. The van der Waals surface area contributed by atoms with E-state index in [0.29, 0.717) is 0 Å². The van der Waals surface area contributed by atoms with Crippen LogP contribution in [0.25, 0.3) is 11.1 Å². The molecule has 0 aromatic heterocycles. The van der Waals surface area contributed by atoms with Crippen LogP contribution in [0, 0.1) is 17.3 Å². The van der Waals surface area contributed by atoms with Crippen LogP contribution in [0.1, 0.15) is 45.6 Å². The average Bonchev–Trinajstić information content (AvgIpc) is 3.73. The highest BCUT2D eigenvalue weighted by molar-refractivity contribution is 6.02. The van der Waals surface area contributed by atoms with Crippen molar-refractivity contribution in [3.63, 3.8) is 0 Å². The van der Waals surface area contributed by atoms with Gasteiger partial charge in [-0.05, 0) is 58.7 Å². The van der Waals surface area contributed by atoms with E-state index in [4.69, 9.17) is 23.7 Å². The Morgan fingerprint density at radius 3 is 1.88 bits per heavy atom. The Balaban J connectivity index is 1.63. The molecule has 202 valence electrons. The van der Waals surface area contributed by atoms with Gasteiger partial charge in [0.05, 0.1) is 28.4 Å². The van der Waals surface area contributed by atoms with Crippen molar-refractivity contribution in [3.05, 3.63) is 94.1 Å². The fourth-order valence-corrected chi connectivity index (χ4v) is 6.13. The van der Waals surface area contributed by atoms with Crippen molar-refractivity contribution >= 4 is 11.9 Å². The Labute approximate surface area is 232 Å². The van der Waals surface area contributed by atoms with Crippen LogP contribution in [0.5, 0.6) is 11.5 Å². The van der Waals surface area contributed by atoms with Crippen LogP contribution in [0.2, 0.25) is 0 Å². The predicted octanol–water partition coefficient (Wildman–Crippen LogP) is 4.88. The molecule has 2 bridgehead atoms. The molecule has 2 heterocycles.